The lowest BCUT2D eigenvalue weighted by molar-refractivity contribution is -0.903. The first-order chi connectivity index (χ1) is 13.1. The first-order valence-electron chi connectivity index (χ1n) is 9.73. The van der Waals surface area contributed by atoms with Crippen LogP contribution >= 0.6 is 0 Å². The number of halogens is 1. The third-order valence-corrected chi connectivity index (χ3v) is 4.33. The maximum absolute atomic E-state index is 12.6. The smallest absolute Gasteiger partial charge is 0.259 e. The van der Waals surface area contributed by atoms with Crippen LogP contribution in [0.25, 0.3) is 0 Å². The van der Waals surface area contributed by atoms with Crippen LogP contribution in [0.5, 0.6) is 5.75 Å². The molecule has 0 fully saturated rings. The van der Waals surface area contributed by atoms with E-state index in [1.165, 1.54) is 4.90 Å². The summed E-state index contributed by atoms with van der Waals surface area (Å²) in [5.74, 6) is 0.257. The minimum Gasteiger partial charge on any atom is -1.00 e. The Balaban J connectivity index is 0.00000392. The number of quaternary nitrogens is 1. The number of rotatable bonds is 11. The van der Waals surface area contributed by atoms with E-state index >= 15 is 0 Å². The molecule has 3 N–H and O–H groups in total. The zero-order valence-electron chi connectivity index (χ0n) is 16.7. The van der Waals surface area contributed by atoms with Gasteiger partial charge in [-0.15, -0.1) is 0 Å². The minimum absolute atomic E-state index is 0. The highest BCUT2D eigenvalue weighted by Gasteiger charge is 2.17. The van der Waals surface area contributed by atoms with Crippen LogP contribution in [0.3, 0.4) is 0 Å². The summed E-state index contributed by atoms with van der Waals surface area (Å²) in [6.45, 7) is 7.22. The Labute approximate surface area is 174 Å². The molecule has 0 aliphatic rings. The number of para-hydroxylation sites is 2. The maximum Gasteiger partial charge on any atom is 0.259 e. The number of hydrogen-bond acceptors (Lipinski definition) is 3. The molecular weight excluding hydrogens is 376 g/mol. The Morgan fingerprint density at radius 3 is 2.29 bits per heavy atom. The molecule has 1 atom stereocenters. The van der Waals surface area contributed by atoms with Gasteiger partial charge in [0.25, 0.3) is 5.91 Å². The topological polar surface area (TPSA) is 63.0 Å². The van der Waals surface area contributed by atoms with Crippen LogP contribution in [-0.4, -0.2) is 43.4 Å². The van der Waals surface area contributed by atoms with Gasteiger partial charge in [0.2, 0.25) is 0 Å². The van der Waals surface area contributed by atoms with Crippen molar-refractivity contribution < 1.29 is 31.9 Å². The minimum atomic E-state index is -0.566. The predicted octanol–water partition coefficient (Wildman–Crippen LogP) is -0.612. The highest BCUT2D eigenvalue weighted by molar-refractivity contribution is 6.06. The number of carbonyl (C=O) groups excluding carboxylic acids is 1. The summed E-state index contributed by atoms with van der Waals surface area (Å²) in [5.41, 5.74) is 1.19. The predicted molar refractivity (Wildman–Crippen MR) is 108 cm³/mol. The third-order valence-electron chi connectivity index (χ3n) is 4.33. The van der Waals surface area contributed by atoms with Crippen molar-refractivity contribution in [3.05, 3.63) is 60.2 Å². The number of nitrogens with one attached hydrogen (secondary N) is 2. The van der Waals surface area contributed by atoms with Crippen LogP contribution in [0.1, 0.15) is 37.0 Å². The number of hydrogen-bond donors (Lipinski definition) is 3. The number of carbonyl (C=O) groups is 1. The fourth-order valence-corrected chi connectivity index (χ4v) is 3.11. The maximum atomic E-state index is 12.6. The van der Waals surface area contributed by atoms with Crippen molar-refractivity contribution in [1.29, 1.82) is 0 Å². The van der Waals surface area contributed by atoms with Crippen LogP contribution in [0.4, 0.5) is 5.69 Å². The Kier molecular flexibility index (Phi) is 11.3. The molecule has 1 amide bonds. The third kappa shape index (κ3) is 7.89. The largest absolute Gasteiger partial charge is 1.00 e. The zero-order valence-corrected chi connectivity index (χ0v) is 17.4. The number of aliphatic hydroxyl groups is 1. The Morgan fingerprint density at radius 1 is 1.04 bits per heavy atom. The average Bonchev–Trinajstić information content (AvgIpc) is 2.68. The number of aliphatic hydroxyl groups excluding tert-OH is 1. The van der Waals surface area contributed by atoms with Gasteiger partial charge < -0.3 is 32.5 Å². The van der Waals surface area contributed by atoms with Crippen LogP contribution in [0, 0.1) is 0 Å². The van der Waals surface area contributed by atoms with Gasteiger partial charge in [-0.05, 0) is 37.1 Å². The average molecular weight is 407 g/mol. The van der Waals surface area contributed by atoms with Gasteiger partial charge >= 0.3 is 0 Å². The van der Waals surface area contributed by atoms with Crippen molar-refractivity contribution in [2.45, 2.75) is 32.8 Å². The highest BCUT2D eigenvalue weighted by atomic mass is 35.5. The normalized spacial score (nSPS) is 11.6. The number of benzene rings is 2. The van der Waals surface area contributed by atoms with Crippen molar-refractivity contribution >= 4 is 11.6 Å². The molecule has 6 heteroatoms. The molecule has 0 aliphatic carbocycles. The Bertz CT molecular complexity index is 691. The highest BCUT2D eigenvalue weighted by Crippen LogP contribution is 2.20. The fourth-order valence-electron chi connectivity index (χ4n) is 3.11. The molecule has 0 bridgehead atoms. The molecule has 0 saturated heterocycles. The first kappa shape index (κ1) is 24.0. The van der Waals surface area contributed by atoms with Gasteiger partial charge in [-0.1, -0.05) is 44.2 Å². The molecule has 0 saturated carbocycles. The lowest BCUT2D eigenvalue weighted by atomic mass is 10.2. The number of amides is 1. The van der Waals surface area contributed by atoms with Gasteiger partial charge in [0.05, 0.1) is 18.7 Å². The second kappa shape index (κ2) is 13.2. The summed E-state index contributed by atoms with van der Waals surface area (Å²) in [6, 6.07) is 16.4. The standard InChI is InChI=1S/C22H30N2O3.ClH/c1-3-14-24(15-4-2)16-19(25)17-27-21-13-9-8-12-20(21)22(26)23-18-10-6-5-7-11-18;/h5-13,19,25H,3-4,14-17H2,1-2H3,(H,23,26);1H. The zero-order chi connectivity index (χ0) is 19.5. The van der Waals surface area contributed by atoms with E-state index < -0.39 is 6.10 Å². The molecule has 0 aromatic heterocycles. The molecule has 0 aliphatic heterocycles. The molecular formula is C22H31ClN2O3. The summed E-state index contributed by atoms with van der Waals surface area (Å²) in [7, 11) is 0. The van der Waals surface area contributed by atoms with Gasteiger partial charge in [-0.25, -0.2) is 0 Å². The van der Waals surface area contributed by atoms with Gasteiger partial charge in [0.15, 0.2) is 0 Å². The fraction of sp³-hybridized carbons (Fsp3) is 0.409. The lowest BCUT2D eigenvalue weighted by Gasteiger charge is -2.22. The van der Waals surface area contributed by atoms with E-state index in [-0.39, 0.29) is 24.9 Å². The lowest BCUT2D eigenvalue weighted by Crippen LogP contribution is -3.13. The molecule has 0 spiro atoms. The quantitative estimate of drug-likeness (QED) is 0.466. The van der Waals surface area contributed by atoms with Crippen LogP contribution in [0.2, 0.25) is 0 Å². The monoisotopic (exact) mass is 406 g/mol. The van der Waals surface area contributed by atoms with Crippen LogP contribution in [0.15, 0.2) is 54.6 Å². The molecule has 2 rings (SSSR count). The van der Waals surface area contributed by atoms with Crippen molar-refractivity contribution in [1.82, 2.24) is 0 Å². The van der Waals surface area contributed by atoms with Crippen molar-refractivity contribution in [3.63, 3.8) is 0 Å². The van der Waals surface area contributed by atoms with Gasteiger partial charge in [-0.2, -0.15) is 0 Å². The first-order valence-corrected chi connectivity index (χ1v) is 9.73. The van der Waals surface area contributed by atoms with Gasteiger partial charge in [0, 0.05) is 5.69 Å². The van der Waals surface area contributed by atoms with E-state index in [0.29, 0.717) is 17.9 Å². The second-order valence-electron chi connectivity index (χ2n) is 6.74. The SMILES string of the molecule is CCC[NH+](CCC)CC(O)COc1ccccc1C(=O)Nc1ccccc1.[Cl-]. The molecule has 2 aromatic carbocycles. The van der Waals surface area contributed by atoms with E-state index in [9.17, 15) is 9.90 Å². The summed E-state index contributed by atoms with van der Waals surface area (Å²) < 4.78 is 5.79. The van der Waals surface area contributed by atoms with Crippen molar-refractivity contribution in [3.8, 4) is 5.75 Å². The molecule has 5 nitrogen and oxygen atoms in total. The van der Waals surface area contributed by atoms with Gasteiger partial charge in [-0.3, -0.25) is 4.79 Å². The van der Waals surface area contributed by atoms with E-state index in [0.717, 1.165) is 31.6 Å². The van der Waals surface area contributed by atoms with E-state index in [2.05, 4.69) is 19.2 Å². The van der Waals surface area contributed by atoms with Crippen molar-refractivity contribution in [2.75, 3.05) is 31.6 Å². The summed E-state index contributed by atoms with van der Waals surface area (Å²) in [6.07, 6.45) is 1.61. The summed E-state index contributed by atoms with van der Waals surface area (Å²) >= 11 is 0. The molecule has 1 unspecified atom stereocenters. The molecule has 154 valence electrons. The second-order valence-corrected chi connectivity index (χ2v) is 6.74. The number of anilines is 1. The van der Waals surface area contributed by atoms with E-state index in [1.807, 2.05) is 36.4 Å². The van der Waals surface area contributed by atoms with Gasteiger partial charge in [0.1, 0.15) is 25.0 Å². The Hall–Kier alpha value is -2.08. The summed E-state index contributed by atoms with van der Waals surface area (Å²) in [5, 5.41) is 13.2. The molecule has 0 heterocycles. The van der Waals surface area contributed by atoms with Crippen molar-refractivity contribution in [2.24, 2.45) is 0 Å². The van der Waals surface area contributed by atoms with E-state index in [1.54, 1.807) is 18.2 Å². The molecule has 0 radical (unpaired) electrons. The van der Waals surface area contributed by atoms with E-state index in [4.69, 9.17) is 4.74 Å². The van der Waals surface area contributed by atoms with Crippen LogP contribution < -0.4 is 27.4 Å². The number of ether oxygens (including phenoxy) is 1. The molecule has 28 heavy (non-hydrogen) atoms. The van der Waals surface area contributed by atoms with Crippen LogP contribution in [-0.2, 0) is 0 Å². The summed E-state index contributed by atoms with van der Waals surface area (Å²) in [4.78, 5) is 14.0. The Morgan fingerprint density at radius 2 is 1.64 bits per heavy atom. The molecule has 2 aromatic rings.